The Labute approximate surface area is 125 Å². The van der Waals surface area contributed by atoms with Crippen molar-refractivity contribution >= 4 is 51.8 Å². The van der Waals surface area contributed by atoms with Gasteiger partial charge in [0.25, 0.3) is 0 Å². The van der Waals surface area contributed by atoms with Crippen molar-refractivity contribution in [2.45, 2.75) is 5.03 Å². The lowest BCUT2D eigenvalue weighted by atomic mass is 10.3. The largest absolute Gasteiger partial charge is 0.396 e. The molecule has 7 heteroatoms. The molecule has 0 atom stereocenters. The molecule has 1 heterocycles. The molecule has 1 aromatic heterocycles. The maximum atomic E-state index is 8.93. The average molecular weight is 318 g/mol. The van der Waals surface area contributed by atoms with Crippen molar-refractivity contribution in [3.05, 3.63) is 22.2 Å². The molecule has 0 aliphatic carbocycles. The molecular formula is C12H13Cl2N3OS. The summed E-state index contributed by atoms with van der Waals surface area (Å²) in [5.41, 5.74) is 1.40. The van der Waals surface area contributed by atoms with E-state index in [9.17, 15) is 0 Å². The van der Waals surface area contributed by atoms with Crippen molar-refractivity contribution in [1.82, 2.24) is 9.97 Å². The van der Waals surface area contributed by atoms with Crippen LogP contribution in [0.25, 0.3) is 11.0 Å². The molecule has 4 nitrogen and oxygen atoms in total. The van der Waals surface area contributed by atoms with Gasteiger partial charge in [-0.15, -0.1) is 11.8 Å². The molecule has 1 aromatic carbocycles. The van der Waals surface area contributed by atoms with Crippen LogP contribution >= 0.6 is 35.0 Å². The van der Waals surface area contributed by atoms with E-state index in [0.29, 0.717) is 26.8 Å². The molecule has 0 fully saturated rings. The summed E-state index contributed by atoms with van der Waals surface area (Å²) in [4.78, 5) is 11.0. The molecule has 0 radical (unpaired) electrons. The van der Waals surface area contributed by atoms with Gasteiger partial charge >= 0.3 is 0 Å². The summed E-state index contributed by atoms with van der Waals surface area (Å²) in [6.07, 6.45) is 0. The van der Waals surface area contributed by atoms with Crippen LogP contribution in [0.1, 0.15) is 0 Å². The van der Waals surface area contributed by atoms with Gasteiger partial charge in [0.2, 0.25) is 0 Å². The molecule has 0 aliphatic rings. The number of benzene rings is 1. The Hall–Kier alpha value is -0.750. The summed E-state index contributed by atoms with van der Waals surface area (Å²) in [6.45, 7) is 0.0959. The van der Waals surface area contributed by atoms with E-state index in [0.717, 1.165) is 10.8 Å². The van der Waals surface area contributed by atoms with E-state index in [1.54, 1.807) is 12.1 Å². The fourth-order valence-electron chi connectivity index (χ4n) is 1.56. The summed E-state index contributed by atoms with van der Waals surface area (Å²) < 4.78 is 0. The van der Waals surface area contributed by atoms with E-state index in [-0.39, 0.29) is 6.61 Å². The Morgan fingerprint density at radius 2 is 1.74 bits per heavy atom. The predicted molar refractivity (Wildman–Crippen MR) is 81.7 cm³/mol. The van der Waals surface area contributed by atoms with Crippen LogP contribution in [-0.4, -0.2) is 41.5 Å². The summed E-state index contributed by atoms with van der Waals surface area (Å²) in [5.74, 6) is 1.33. The molecule has 0 saturated carbocycles. The van der Waals surface area contributed by atoms with Crippen LogP contribution < -0.4 is 4.90 Å². The standard InChI is InChI=1S/C12H13Cl2N3OS/c1-17(2)11-12(19-4-3-18)16-10-6-8(14)7(13)5-9(10)15-11/h5-6,18H,3-4H2,1-2H3. The molecular weight excluding hydrogens is 305 g/mol. The van der Waals surface area contributed by atoms with Crippen molar-refractivity contribution in [3.63, 3.8) is 0 Å². The minimum Gasteiger partial charge on any atom is -0.396 e. The van der Waals surface area contributed by atoms with Gasteiger partial charge in [-0.05, 0) is 12.1 Å². The number of hydrogen-bond acceptors (Lipinski definition) is 5. The molecule has 0 saturated heterocycles. The Bertz CT molecular complexity index is 607. The average Bonchev–Trinajstić information content (AvgIpc) is 2.36. The highest BCUT2D eigenvalue weighted by Gasteiger charge is 2.12. The first-order chi connectivity index (χ1) is 9.02. The quantitative estimate of drug-likeness (QED) is 0.878. The summed E-state index contributed by atoms with van der Waals surface area (Å²) in [7, 11) is 3.80. The number of rotatable bonds is 4. The van der Waals surface area contributed by atoms with Gasteiger partial charge in [0, 0.05) is 19.8 Å². The number of hydrogen-bond donors (Lipinski definition) is 1. The normalized spacial score (nSPS) is 11.0. The van der Waals surface area contributed by atoms with Crippen molar-refractivity contribution in [2.24, 2.45) is 0 Å². The van der Waals surface area contributed by atoms with Crippen LogP contribution in [0.15, 0.2) is 17.2 Å². The number of aliphatic hydroxyl groups excluding tert-OH is 1. The van der Waals surface area contributed by atoms with Gasteiger partial charge in [-0.25, -0.2) is 9.97 Å². The van der Waals surface area contributed by atoms with Crippen molar-refractivity contribution < 1.29 is 5.11 Å². The lowest BCUT2D eigenvalue weighted by molar-refractivity contribution is 0.322. The Kier molecular flexibility index (Phi) is 4.73. The van der Waals surface area contributed by atoms with Crippen LogP contribution in [0.4, 0.5) is 5.82 Å². The Balaban J connectivity index is 2.58. The second kappa shape index (κ2) is 6.13. The molecule has 2 rings (SSSR count). The van der Waals surface area contributed by atoms with Crippen LogP contribution in [0.2, 0.25) is 10.0 Å². The number of halogens is 2. The lowest BCUT2D eigenvalue weighted by Gasteiger charge is -2.16. The third-order valence-corrected chi connectivity index (χ3v) is 4.07. The van der Waals surface area contributed by atoms with Gasteiger partial charge in [-0.3, -0.25) is 0 Å². The highest BCUT2D eigenvalue weighted by Crippen LogP contribution is 2.31. The lowest BCUT2D eigenvalue weighted by Crippen LogP contribution is -2.13. The maximum Gasteiger partial charge on any atom is 0.161 e. The van der Waals surface area contributed by atoms with Gasteiger partial charge in [-0.2, -0.15) is 0 Å². The second-order valence-electron chi connectivity index (χ2n) is 4.07. The topological polar surface area (TPSA) is 49.2 Å². The van der Waals surface area contributed by atoms with Crippen LogP contribution in [-0.2, 0) is 0 Å². The molecule has 19 heavy (non-hydrogen) atoms. The predicted octanol–water partition coefficient (Wildman–Crippen LogP) is 3.09. The van der Waals surface area contributed by atoms with E-state index in [1.807, 2.05) is 19.0 Å². The molecule has 2 aromatic rings. The minimum atomic E-state index is 0.0959. The molecule has 0 aliphatic heterocycles. The number of fused-ring (bicyclic) bond motifs is 1. The Morgan fingerprint density at radius 1 is 1.16 bits per heavy atom. The van der Waals surface area contributed by atoms with Gasteiger partial charge in [-0.1, -0.05) is 23.2 Å². The van der Waals surface area contributed by atoms with Crippen molar-refractivity contribution in [2.75, 3.05) is 31.4 Å². The summed E-state index contributed by atoms with van der Waals surface area (Å²) in [6, 6.07) is 3.41. The van der Waals surface area contributed by atoms with Crippen molar-refractivity contribution in [1.29, 1.82) is 0 Å². The molecule has 0 spiro atoms. The number of anilines is 1. The number of thioether (sulfide) groups is 1. The number of nitrogens with zero attached hydrogens (tertiary/aromatic N) is 3. The van der Waals surface area contributed by atoms with Gasteiger partial charge < -0.3 is 10.0 Å². The fraction of sp³-hybridized carbons (Fsp3) is 0.333. The zero-order valence-electron chi connectivity index (χ0n) is 10.5. The number of aliphatic hydroxyl groups is 1. The van der Waals surface area contributed by atoms with E-state index >= 15 is 0 Å². The van der Waals surface area contributed by atoms with E-state index in [1.165, 1.54) is 11.8 Å². The first kappa shape index (κ1) is 14.7. The highest BCUT2D eigenvalue weighted by molar-refractivity contribution is 7.99. The monoisotopic (exact) mass is 317 g/mol. The second-order valence-corrected chi connectivity index (χ2v) is 5.97. The first-order valence-corrected chi connectivity index (χ1v) is 7.35. The van der Waals surface area contributed by atoms with Crippen LogP contribution in [0.5, 0.6) is 0 Å². The third kappa shape index (κ3) is 3.23. The van der Waals surface area contributed by atoms with Gasteiger partial charge in [0.15, 0.2) is 5.82 Å². The van der Waals surface area contributed by atoms with E-state index < -0.39 is 0 Å². The molecule has 0 bridgehead atoms. The maximum absolute atomic E-state index is 8.93. The highest BCUT2D eigenvalue weighted by atomic mass is 35.5. The van der Waals surface area contributed by atoms with Gasteiger partial charge in [0.05, 0.1) is 27.7 Å². The fourth-order valence-corrected chi connectivity index (χ4v) is 2.68. The molecule has 0 amide bonds. The Morgan fingerprint density at radius 3 is 2.26 bits per heavy atom. The van der Waals surface area contributed by atoms with E-state index in [4.69, 9.17) is 28.3 Å². The zero-order chi connectivity index (χ0) is 14.0. The summed E-state index contributed by atoms with van der Waals surface area (Å²) >= 11 is 13.4. The smallest absolute Gasteiger partial charge is 0.161 e. The molecule has 102 valence electrons. The zero-order valence-corrected chi connectivity index (χ0v) is 12.9. The molecule has 0 unspecified atom stereocenters. The van der Waals surface area contributed by atoms with Crippen molar-refractivity contribution in [3.8, 4) is 0 Å². The first-order valence-electron chi connectivity index (χ1n) is 5.60. The SMILES string of the molecule is CN(C)c1nc2cc(Cl)c(Cl)cc2nc1SCCO. The van der Waals surface area contributed by atoms with E-state index in [2.05, 4.69) is 9.97 Å². The summed E-state index contributed by atoms with van der Waals surface area (Å²) in [5, 5.41) is 10.6. The number of aromatic nitrogens is 2. The molecule has 1 N–H and O–H groups in total. The van der Waals surface area contributed by atoms with Crippen LogP contribution in [0.3, 0.4) is 0 Å². The van der Waals surface area contributed by atoms with Crippen LogP contribution in [0, 0.1) is 0 Å². The third-order valence-electron chi connectivity index (χ3n) is 2.41. The van der Waals surface area contributed by atoms with Gasteiger partial charge in [0.1, 0.15) is 5.03 Å². The minimum absolute atomic E-state index is 0.0959.